The summed E-state index contributed by atoms with van der Waals surface area (Å²) >= 11 is 0. The average molecular weight is 255 g/mol. The lowest BCUT2D eigenvalue weighted by Crippen LogP contribution is -2.08. The molecule has 0 bridgehead atoms. The molecular weight excluding hydrogens is 244 g/mol. The number of rotatable bonds is 5. The second kappa shape index (κ2) is 6.55. The molecule has 0 saturated carbocycles. The number of nitriles is 1. The highest BCUT2D eigenvalue weighted by atomic mass is 19.3. The molecule has 4 nitrogen and oxygen atoms in total. The second-order valence-corrected chi connectivity index (χ2v) is 3.35. The first-order chi connectivity index (χ1) is 8.58. The number of alkyl halides is 2. The van der Waals surface area contributed by atoms with E-state index in [-0.39, 0.29) is 24.2 Å². The molecule has 6 heteroatoms. The molecule has 0 amide bonds. The van der Waals surface area contributed by atoms with Crippen molar-refractivity contribution >= 4 is 5.97 Å². The van der Waals surface area contributed by atoms with E-state index in [0.29, 0.717) is 5.56 Å². The largest absolute Gasteiger partial charge is 0.465 e. The number of halogens is 2. The van der Waals surface area contributed by atoms with Gasteiger partial charge in [0.2, 0.25) is 0 Å². The molecule has 0 saturated heterocycles. The fourth-order valence-corrected chi connectivity index (χ4v) is 1.45. The van der Waals surface area contributed by atoms with Gasteiger partial charge in [0.25, 0.3) is 0 Å². The fraction of sp³-hybridized carbons (Fsp3) is 0.333. The lowest BCUT2D eigenvalue weighted by molar-refractivity contribution is -0.0498. The highest BCUT2D eigenvalue weighted by Gasteiger charge is 2.14. The molecular formula is C12H11F2NO3. The number of hydrogen-bond acceptors (Lipinski definition) is 4. The Morgan fingerprint density at radius 2 is 2.22 bits per heavy atom. The molecule has 0 unspecified atom stereocenters. The predicted molar refractivity (Wildman–Crippen MR) is 58.3 cm³/mol. The number of esters is 1. The first kappa shape index (κ1) is 13.9. The Morgan fingerprint density at radius 3 is 2.78 bits per heavy atom. The summed E-state index contributed by atoms with van der Waals surface area (Å²) in [6, 6.07) is 5.84. The van der Waals surface area contributed by atoms with E-state index in [9.17, 15) is 13.6 Å². The van der Waals surface area contributed by atoms with Crippen LogP contribution in [0.2, 0.25) is 0 Å². The molecule has 0 aliphatic carbocycles. The number of benzene rings is 1. The Balaban J connectivity index is 3.04. The summed E-state index contributed by atoms with van der Waals surface area (Å²) in [5.41, 5.74) is 0.691. The van der Waals surface area contributed by atoms with Gasteiger partial charge in [-0.05, 0) is 30.2 Å². The Hall–Kier alpha value is -2.16. The van der Waals surface area contributed by atoms with Gasteiger partial charge >= 0.3 is 12.6 Å². The van der Waals surface area contributed by atoms with E-state index in [1.807, 2.05) is 6.07 Å². The van der Waals surface area contributed by atoms with Crippen LogP contribution >= 0.6 is 0 Å². The van der Waals surface area contributed by atoms with Crippen molar-refractivity contribution in [2.75, 3.05) is 7.11 Å². The first-order valence-electron chi connectivity index (χ1n) is 5.11. The molecule has 0 aromatic heterocycles. The summed E-state index contributed by atoms with van der Waals surface area (Å²) in [6.45, 7) is -2.93. The van der Waals surface area contributed by atoms with Gasteiger partial charge in [0.1, 0.15) is 5.75 Å². The molecule has 0 fully saturated rings. The third kappa shape index (κ3) is 3.70. The molecule has 0 atom stereocenters. The van der Waals surface area contributed by atoms with Gasteiger partial charge in [-0.2, -0.15) is 14.0 Å². The van der Waals surface area contributed by atoms with Crippen LogP contribution in [0.4, 0.5) is 8.78 Å². The molecule has 0 spiro atoms. The van der Waals surface area contributed by atoms with Gasteiger partial charge in [-0.15, -0.1) is 0 Å². The van der Waals surface area contributed by atoms with Gasteiger partial charge < -0.3 is 9.47 Å². The zero-order valence-corrected chi connectivity index (χ0v) is 9.65. The Labute approximate surface area is 103 Å². The Kier molecular flexibility index (Phi) is 5.06. The standard InChI is InChI=1S/C12H11F2NO3/c1-17-11(16)10-5-4-9(18-12(13)14)7-8(10)3-2-6-15/h4-5,7,12H,2-3H2,1H3. The summed E-state index contributed by atoms with van der Waals surface area (Å²) in [5.74, 6) is -0.628. The van der Waals surface area contributed by atoms with Crippen LogP contribution in [-0.2, 0) is 11.2 Å². The molecule has 18 heavy (non-hydrogen) atoms. The van der Waals surface area contributed by atoms with E-state index in [4.69, 9.17) is 5.26 Å². The zero-order valence-electron chi connectivity index (χ0n) is 9.65. The minimum atomic E-state index is -2.93. The van der Waals surface area contributed by atoms with E-state index >= 15 is 0 Å². The van der Waals surface area contributed by atoms with Gasteiger partial charge in [0.15, 0.2) is 0 Å². The zero-order chi connectivity index (χ0) is 13.5. The van der Waals surface area contributed by atoms with Crippen LogP contribution in [0, 0.1) is 11.3 Å². The van der Waals surface area contributed by atoms with E-state index in [1.165, 1.54) is 25.3 Å². The number of carbonyl (C=O) groups is 1. The van der Waals surface area contributed by atoms with E-state index < -0.39 is 12.6 Å². The maximum atomic E-state index is 12.1. The van der Waals surface area contributed by atoms with E-state index in [1.54, 1.807) is 0 Å². The summed E-state index contributed by atoms with van der Waals surface area (Å²) in [7, 11) is 1.22. The number of ether oxygens (including phenoxy) is 2. The molecule has 1 aromatic carbocycles. The average Bonchev–Trinajstić information content (AvgIpc) is 2.35. The Bertz CT molecular complexity index is 469. The molecule has 0 aliphatic rings. The second-order valence-electron chi connectivity index (χ2n) is 3.35. The monoisotopic (exact) mass is 255 g/mol. The summed E-state index contributed by atoms with van der Waals surface area (Å²) < 4.78 is 32.9. The molecule has 0 N–H and O–H groups in total. The van der Waals surface area contributed by atoms with Crippen molar-refractivity contribution < 1.29 is 23.0 Å². The maximum absolute atomic E-state index is 12.1. The molecule has 1 aromatic rings. The SMILES string of the molecule is COC(=O)c1ccc(OC(F)F)cc1CCC#N. The van der Waals surface area contributed by atoms with Crippen LogP contribution in [0.15, 0.2) is 18.2 Å². The van der Waals surface area contributed by atoms with Crippen LogP contribution in [0.1, 0.15) is 22.3 Å². The highest BCUT2D eigenvalue weighted by molar-refractivity contribution is 5.91. The number of carbonyl (C=O) groups excluding carboxylic acids is 1. The quantitative estimate of drug-likeness (QED) is 0.758. The first-order valence-corrected chi connectivity index (χ1v) is 5.11. The van der Waals surface area contributed by atoms with Crippen LogP contribution in [0.25, 0.3) is 0 Å². The van der Waals surface area contributed by atoms with Gasteiger partial charge in [-0.25, -0.2) is 4.79 Å². The van der Waals surface area contributed by atoms with Crippen molar-refractivity contribution in [3.63, 3.8) is 0 Å². The van der Waals surface area contributed by atoms with Crippen LogP contribution in [0.3, 0.4) is 0 Å². The number of methoxy groups -OCH3 is 1. The summed E-state index contributed by atoms with van der Waals surface area (Å²) in [4.78, 5) is 11.4. The van der Waals surface area contributed by atoms with Crippen LogP contribution in [-0.4, -0.2) is 19.7 Å². The van der Waals surface area contributed by atoms with E-state index in [0.717, 1.165) is 0 Å². The Morgan fingerprint density at radius 1 is 1.50 bits per heavy atom. The topological polar surface area (TPSA) is 59.3 Å². The van der Waals surface area contributed by atoms with E-state index in [2.05, 4.69) is 9.47 Å². The minimum Gasteiger partial charge on any atom is -0.465 e. The third-order valence-corrected chi connectivity index (χ3v) is 2.21. The fourth-order valence-electron chi connectivity index (χ4n) is 1.45. The highest BCUT2D eigenvalue weighted by Crippen LogP contribution is 2.21. The molecule has 96 valence electrons. The van der Waals surface area contributed by atoms with Crippen molar-refractivity contribution in [3.8, 4) is 11.8 Å². The lowest BCUT2D eigenvalue weighted by atomic mass is 10.0. The molecule has 0 radical (unpaired) electrons. The predicted octanol–water partition coefficient (Wildman–Crippen LogP) is 2.53. The normalized spacial score (nSPS) is 9.94. The van der Waals surface area contributed by atoms with Crippen LogP contribution < -0.4 is 4.74 Å². The molecule has 0 aliphatic heterocycles. The van der Waals surface area contributed by atoms with Gasteiger partial charge in [-0.3, -0.25) is 0 Å². The van der Waals surface area contributed by atoms with Crippen molar-refractivity contribution in [2.45, 2.75) is 19.5 Å². The minimum absolute atomic E-state index is 0.0504. The van der Waals surface area contributed by atoms with Crippen molar-refractivity contribution in [1.29, 1.82) is 5.26 Å². The van der Waals surface area contributed by atoms with Crippen molar-refractivity contribution in [1.82, 2.24) is 0 Å². The summed E-state index contributed by atoms with van der Waals surface area (Å²) in [5, 5.41) is 8.51. The van der Waals surface area contributed by atoms with Gasteiger partial charge in [0.05, 0.1) is 18.7 Å². The lowest BCUT2D eigenvalue weighted by Gasteiger charge is -2.10. The summed E-state index contributed by atoms with van der Waals surface area (Å²) in [6.07, 6.45) is 0.434. The molecule has 1 rings (SSSR count). The molecule has 0 heterocycles. The third-order valence-electron chi connectivity index (χ3n) is 2.21. The van der Waals surface area contributed by atoms with Gasteiger partial charge in [0, 0.05) is 6.42 Å². The number of hydrogen-bond donors (Lipinski definition) is 0. The van der Waals surface area contributed by atoms with Gasteiger partial charge in [-0.1, -0.05) is 0 Å². The van der Waals surface area contributed by atoms with Crippen molar-refractivity contribution in [3.05, 3.63) is 29.3 Å². The maximum Gasteiger partial charge on any atom is 0.387 e. The number of nitrogens with zero attached hydrogens (tertiary/aromatic N) is 1. The smallest absolute Gasteiger partial charge is 0.387 e. The van der Waals surface area contributed by atoms with Crippen LogP contribution in [0.5, 0.6) is 5.75 Å². The number of aryl methyl sites for hydroxylation is 1. The van der Waals surface area contributed by atoms with Crippen molar-refractivity contribution in [2.24, 2.45) is 0 Å².